The zero-order valence-corrected chi connectivity index (χ0v) is 11.5. The van der Waals surface area contributed by atoms with Gasteiger partial charge in [-0.25, -0.2) is 0 Å². The summed E-state index contributed by atoms with van der Waals surface area (Å²) in [6, 6.07) is 0. The predicted octanol–water partition coefficient (Wildman–Crippen LogP) is 4.11. The van der Waals surface area contributed by atoms with Crippen molar-refractivity contribution in [2.45, 2.75) is 53.3 Å². The Kier molecular flexibility index (Phi) is 5.03. The van der Waals surface area contributed by atoms with E-state index >= 15 is 0 Å². The number of carbonyl (C=O) groups excluding carboxylic acids is 1. The molecule has 0 aromatic carbocycles. The van der Waals surface area contributed by atoms with Crippen LogP contribution in [0.2, 0.25) is 0 Å². The second-order valence-electron chi connectivity index (χ2n) is 6.22. The molecule has 1 atom stereocenters. The first kappa shape index (κ1) is 17.0. The highest BCUT2D eigenvalue weighted by Gasteiger charge is 2.43. The van der Waals surface area contributed by atoms with Crippen LogP contribution in [0.5, 0.6) is 0 Å². The summed E-state index contributed by atoms with van der Waals surface area (Å²) in [6.07, 6.45) is -5.84. The van der Waals surface area contributed by atoms with Gasteiger partial charge < -0.3 is 4.74 Å². The van der Waals surface area contributed by atoms with Crippen LogP contribution in [0.15, 0.2) is 12.7 Å². The molecule has 0 bridgehead atoms. The second-order valence-corrected chi connectivity index (χ2v) is 6.22. The molecular weight excluding hydrogens is 245 g/mol. The largest absolute Gasteiger partial charge is 0.448 e. The molecule has 0 aromatic heterocycles. The molecule has 0 saturated heterocycles. The van der Waals surface area contributed by atoms with E-state index in [-0.39, 0.29) is 5.41 Å². The lowest BCUT2D eigenvalue weighted by atomic mass is 9.76. The maximum atomic E-state index is 12.5. The molecule has 0 saturated carbocycles. The summed E-state index contributed by atoms with van der Waals surface area (Å²) in [5.74, 6) is -0.861. The number of alkyl halides is 3. The van der Waals surface area contributed by atoms with Gasteiger partial charge in [0, 0.05) is 0 Å². The van der Waals surface area contributed by atoms with E-state index in [1.54, 1.807) is 13.8 Å². The van der Waals surface area contributed by atoms with Crippen LogP contribution in [0.1, 0.15) is 41.0 Å². The fourth-order valence-electron chi connectivity index (χ4n) is 1.92. The molecule has 0 fully saturated rings. The molecule has 0 heterocycles. The minimum absolute atomic E-state index is 0.176. The SMILES string of the molecule is C=CC(OC(=O)C(C)(C)CC(C)(C)C)C(F)(F)F. The first-order valence-electron chi connectivity index (χ1n) is 5.70. The van der Waals surface area contributed by atoms with E-state index in [1.807, 2.05) is 20.8 Å². The van der Waals surface area contributed by atoms with Gasteiger partial charge in [-0.15, -0.1) is 0 Å². The Morgan fingerprint density at radius 2 is 1.67 bits per heavy atom. The minimum Gasteiger partial charge on any atom is -0.448 e. The van der Waals surface area contributed by atoms with E-state index in [4.69, 9.17) is 0 Å². The Labute approximate surface area is 106 Å². The number of carbonyl (C=O) groups is 1. The van der Waals surface area contributed by atoms with Gasteiger partial charge in [-0.05, 0) is 31.8 Å². The molecule has 0 aromatic rings. The van der Waals surface area contributed by atoms with Crippen LogP contribution in [0.4, 0.5) is 13.2 Å². The monoisotopic (exact) mass is 266 g/mol. The molecule has 0 aliphatic rings. The summed E-state index contributed by atoms with van der Waals surface area (Å²) in [4.78, 5) is 11.8. The van der Waals surface area contributed by atoms with Crippen molar-refractivity contribution in [3.63, 3.8) is 0 Å². The molecule has 0 radical (unpaired) electrons. The van der Waals surface area contributed by atoms with Gasteiger partial charge in [-0.2, -0.15) is 13.2 Å². The van der Waals surface area contributed by atoms with E-state index in [0.29, 0.717) is 12.5 Å². The molecule has 0 rings (SSSR count). The van der Waals surface area contributed by atoms with Crippen molar-refractivity contribution in [2.24, 2.45) is 10.8 Å². The van der Waals surface area contributed by atoms with E-state index in [9.17, 15) is 18.0 Å². The number of esters is 1. The average Bonchev–Trinajstić information content (AvgIpc) is 2.07. The highest BCUT2D eigenvalue weighted by Crippen LogP contribution is 2.35. The molecule has 0 aliphatic carbocycles. The molecule has 5 heteroatoms. The third-order valence-electron chi connectivity index (χ3n) is 2.30. The van der Waals surface area contributed by atoms with Crippen LogP contribution in [-0.4, -0.2) is 18.2 Å². The van der Waals surface area contributed by atoms with Crippen molar-refractivity contribution in [3.05, 3.63) is 12.7 Å². The van der Waals surface area contributed by atoms with Crippen molar-refractivity contribution in [1.29, 1.82) is 0 Å². The molecule has 2 nitrogen and oxygen atoms in total. The predicted molar refractivity (Wildman–Crippen MR) is 64.0 cm³/mol. The van der Waals surface area contributed by atoms with Crippen LogP contribution in [-0.2, 0) is 9.53 Å². The van der Waals surface area contributed by atoms with E-state index in [0.717, 1.165) is 0 Å². The first-order chi connectivity index (χ1) is 7.79. The van der Waals surface area contributed by atoms with Crippen molar-refractivity contribution in [1.82, 2.24) is 0 Å². The first-order valence-corrected chi connectivity index (χ1v) is 5.70. The Bertz CT molecular complexity index is 311. The number of ether oxygens (including phenoxy) is 1. The molecular formula is C13H21F3O2. The lowest BCUT2D eigenvalue weighted by molar-refractivity contribution is -0.214. The molecule has 18 heavy (non-hydrogen) atoms. The van der Waals surface area contributed by atoms with Gasteiger partial charge in [-0.3, -0.25) is 4.79 Å². The van der Waals surface area contributed by atoms with Gasteiger partial charge in [0.2, 0.25) is 6.10 Å². The van der Waals surface area contributed by atoms with Gasteiger partial charge in [0.15, 0.2) is 0 Å². The second kappa shape index (κ2) is 5.33. The summed E-state index contributed by atoms with van der Waals surface area (Å²) >= 11 is 0. The maximum Gasteiger partial charge on any atom is 0.429 e. The number of rotatable bonds is 4. The standard InChI is InChI=1S/C13H21F3O2/c1-7-9(13(14,15)16)18-10(17)12(5,6)8-11(2,3)4/h7,9H,1,8H2,2-6H3. The quantitative estimate of drug-likeness (QED) is 0.565. The van der Waals surface area contributed by atoms with Crippen LogP contribution in [0.3, 0.4) is 0 Å². The lowest BCUT2D eigenvalue weighted by Crippen LogP contribution is -2.38. The topological polar surface area (TPSA) is 26.3 Å². The van der Waals surface area contributed by atoms with Gasteiger partial charge in [0.25, 0.3) is 0 Å². The number of halogens is 3. The number of hydrogen-bond donors (Lipinski definition) is 0. The zero-order valence-electron chi connectivity index (χ0n) is 11.5. The molecule has 0 N–H and O–H groups in total. The highest BCUT2D eigenvalue weighted by molar-refractivity contribution is 5.76. The Morgan fingerprint density at radius 1 is 1.22 bits per heavy atom. The molecule has 106 valence electrons. The van der Waals surface area contributed by atoms with Gasteiger partial charge in [-0.1, -0.05) is 27.4 Å². The Hall–Kier alpha value is -1.00. The summed E-state index contributed by atoms with van der Waals surface area (Å²) in [7, 11) is 0. The van der Waals surface area contributed by atoms with Crippen LogP contribution in [0, 0.1) is 10.8 Å². The van der Waals surface area contributed by atoms with Crippen molar-refractivity contribution in [3.8, 4) is 0 Å². The van der Waals surface area contributed by atoms with E-state index in [1.165, 1.54) is 0 Å². The van der Waals surface area contributed by atoms with Gasteiger partial charge in [0.1, 0.15) is 0 Å². The van der Waals surface area contributed by atoms with E-state index in [2.05, 4.69) is 11.3 Å². The van der Waals surface area contributed by atoms with Gasteiger partial charge >= 0.3 is 12.1 Å². The average molecular weight is 266 g/mol. The molecule has 0 amide bonds. The van der Waals surface area contributed by atoms with Crippen molar-refractivity contribution in [2.75, 3.05) is 0 Å². The van der Waals surface area contributed by atoms with Crippen LogP contribution in [0.25, 0.3) is 0 Å². The van der Waals surface area contributed by atoms with Crippen LogP contribution >= 0.6 is 0 Å². The maximum absolute atomic E-state index is 12.5. The molecule has 0 spiro atoms. The fraction of sp³-hybridized carbons (Fsp3) is 0.769. The zero-order chi connectivity index (χ0) is 14.8. The van der Waals surface area contributed by atoms with Crippen molar-refractivity contribution >= 4 is 5.97 Å². The Morgan fingerprint density at radius 3 is 1.94 bits per heavy atom. The smallest absolute Gasteiger partial charge is 0.429 e. The third-order valence-corrected chi connectivity index (χ3v) is 2.30. The number of hydrogen-bond acceptors (Lipinski definition) is 2. The van der Waals surface area contributed by atoms with Gasteiger partial charge in [0.05, 0.1) is 5.41 Å². The summed E-state index contributed by atoms with van der Waals surface area (Å²) in [5, 5.41) is 0. The summed E-state index contributed by atoms with van der Waals surface area (Å²) < 4.78 is 41.9. The highest BCUT2D eigenvalue weighted by atomic mass is 19.4. The van der Waals surface area contributed by atoms with E-state index < -0.39 is 23.7 Å². The lowest BCUT2D eigenvalue weighted by Gasteiger charge is -2.31. The third kappa shape index (κ3) is 5.56. The minimum atomic E-state index is -4.62. The van der Waals surface area contributed by atoms with Crippen LogP contribution < -0.4 is 0 Å². The normalized spacial score (nSPS) is 15.1. The Balaban J connectivity index is 4.80. The van der Waals surface area contributed by atoms with Crippen molar-refractivity contribution < 1.29 is 22.7 Å². The summed E-state index contributed by atoms with van der Waals surface area (Å²) in [5.41, 5.74) is -1.14. The molecule has 1 unspecified atom stereocenters. The fourth-order valence-corrected chi connectivity index (χ4v) is 1.92. The molecule has 0 aliphatic heterocycles. The summed E-state index contributed by atoms with van der Waals surface area (Å²) in [6.45, 7) is 11.9.